The maximum absolute atomic E-state index is 12.3. The molecule has 1 atom stereocenters. The summed E-state index contributed by atoms with van der Waals surface area (Å²) >= 11 is 3.32. The summed E-state index contributed by atoms with van der Waals surface area (Å²) < 4.78 is 50.9. The van der Waals surface area contributed by atoms with E-state index in [0.717, 1.165) is 10.7 Å². The molecule has 0 amide bonds. The van der Waals surface area contributed by atoms with E-state index in [-0.39, 0.29) is 10.6 Å². The van der Waals surface area contributed by atoms with Crippen LogP contribution in [0.5, 0.6) is 0 Å². The Hall–Kier alpha value is -1.22. The molecule has 0 saturated carbocycles. The Kier molecular flexibility index (Phi) is 5.85. The summed E-state index contributed by atoms with van der Waals surface area (Å²) in [6.45, 7) is 1.72. The molecule has 0 heterocycles. The standard InChI is InChI=1S/C16H18BrNO4S2/c1-12(14-6-8-16(9-7-14)23(2,19)20)18-24(21,22)11-13-4-3-5-15(17)10-13/h3-10,12,18H,11H2,1-2H3. The van der Waals surface area contributed by atoms with Gasteiger partial charge in [-0.2, -0.15) is 0 Å². The van der Waals surface area contributed by atoms with Gasteiger partial charge in [0, 0.05) is 16.8 Å². The Labute approximate surface area is 151 Å². The van der Waals surface area contributed by atoms with Crippen molar-refractivity contribution < 1.29 is 16.8 Å². The van der Waals surface area contributed by atoms with E-state index in [0.29, 0.717) is 11.1 Å². The molecule has 0 spiro atoms. The van der Waals surface area contributed by atoms with Gasteiger partial charge in [-0.3, -0.25) is 0 Å². The van der Waals surface area contributed by atoms with Gasteiger partial charge in [0.05, 0.1) is 10.6 Å². The molecule has 0 bridgehead atoms. The monoisotopic (exact) mass is 431 g/mol. The molecule has 0 aromatic heterocycles. The lowest BCUT2D eigenvalue weighted by Gasteiger charge is -2.15. The first-order valence-electron chi connectivity index (χ1n) is 7.11. The molecule has 0 saturated heterocycles. The van der Waals surface area contributed by atoms with Crippen molar-refractivity contribution in [2.45, 2.75) is 23.6 Å². The number of rotatable bonds is 6. The van der Waals surface area contributed by atoms with Crippen molar-refractivity contribution in [2.75, 3.05) is 6.26 Å². The number of sulfonamides is 1. The Bertz CT molecular complexity index is 923. The molecule has 24 heavy (non-hydrogen) atoms. The fraction of sp³-hybridized carbons (Fsp3) is 0.250. The molecule has 2 aromatic carbocycles. The van der Waals surface area contributed by atoms with Gasteiger partial charge < -0.3 is 0 Å². The van der Waals surface area contributed by atoms with Crippen molar-refractivity contribution in [3.8, 4) is 0 Å². The highest BCUT2D eigenvalue weighted by Gasteiger charge is 2.17. The maximum atomic E-state index is 12.3. The molecule has 2 aromatic rings. The second kappa shape index (κ2) is 7.35. The van der Waals surface area contributed by atoms with Crippen LogP contribution in [0.15, 0.2) is 57.9 Å². The maximum Gasteiger partial charge on any atom is 0.216 e. The number of hydrogen-bond acceptors (Lipinski definition) is 4. The smallest absolute Gasteiger partial charge is 0.216 e. The van der Waals surface area contributed by atoms with E-state index in [1.165, 1.54) is 12.1 Å². The third kappa shape index (κ3) is 5.41. The van der Waals surface area contributed by atoms with E-state index in [9.17, 15) is 16.8 Å². The minimum atomic E-state index is -3.53. The van der Waals surface area contributed by atoms with E-state index < -0.39 is 25.9 Å². The van der Waals surface area contributed by atoms with Gasteiger partial charge in [0.25, 0.3) is 0 Å². The minimum Gasteiger partial charge on any atom is -0.224 e. The first-order valence-corrected chi connectivity index (χ1v) is 11.4. The van der Waals surface area contributed by atoms with Crippen LogP contribution in [0, 0.1) is 0 Å². The zero-order chi connectivity index (χ0) is 18.0. The molecule has 8 heteroatoms. The minimum absolute atomic E-state index is 0.127. The number of hydrogen-bond donors (Lipinski definition) is 1. The molecule has 0 fully saturated rings. The van der Waals surface area contributed by atoms with Gasteiger partial charge in [-0.05, 0) is 42.3 Å². The van der Waals surface area contributed by atoms with E-state index in [1.54, 1.807) is 37.3 Å². The van der Waals surface area contributed by atoms with Crippen molar-refractivity contribution in [3.05, 3.63) is 64.1 Å². The zero-order valence-corrected chi connectivity index (χ0v) is 16.4. The molecular weight excluding hydrogens is 414 g/mol. The van der Waals surface area contributed by atoms with Crippen molar-refractivity contribution in [1.82, 2.24) is 4.72 Å². The molecule has 130 valence electrons. The lowest BCUT2D eigenvalue weighted by atomic mass is 10.1. The number of sulfone groups is 1. The van der Waals surface area contributed by atoms with Crippen LogP contribution in [0.2, 0.25) is 0 Å². The van der Waals surface area contributed by atoms with Crippen LogP contribution in [0.3, 0.4) is 0 Å². The summed E-state index contributed by atoms with van der Waals surface area (Å²) in [5.41, 5.74) is 1.37. The van der Waals surface area contributed by atoms with Gasteiger partial charge in [0.15, 0.2) is 9.84 Å². The van der Waals surface area contributed by atoms with Gasteiger partial charge in [-0.1, -0.05) is 40.2 Å². The molecule has 0 aliphatic rings. The Morgan fingerprint density at radius 2 is 1.67 bits per heavy atom. The highest BCUT2D eigenvalue weighted by Crippen LogP contribution is 2.19. The van der Waals surface area contributed by atoms with Crippen molar-refractivity contribution in [2.24, 2.45) is 0 Å². The van der Waals surface area contributed by atoms with Gasteiger partial charge in [0.1, 0.15) is 0 Å². The largest absolute Gasteiger partial charge is 0.224 e. The van der Waals surface area contributed by atoms with Crippen LogP contribution in [0.4, 0.5) is 0 Å². The Morgan fingerprint density at radius 3 is 2.21 bits per heavy atom. The molecule has 0 aliphatic carbocycles. The predicted octanol–water partition coefficient (Wildman–Crippen LogP) is 3.03. The molecule has 2 rings (SSSR count). The van der Waals surface area contributed by atoms with E-state index in [1.807, 2.05) is 6.07 Å². The number of nitrogens with one attached hydrogen (secondary N) is 1. The lowest BCUT2D eigenvalue weighted by Crippen LogP contribution is -2.28. The first-order chi connectivity index (χ1) is 11.1. The van der Waals surface area contributed by atoms with Crippen LogP contribution in [0.25, 0.3) is 0 Å². The highest BCUT2D eigenvalue weighted by atomic mass is 79.9. The van der Waals surface area contributed by atoms with Crippen LogP contribution >= 0.6 is 15.9 Å². The third-order valence-electron chi connectivity index (χ3n) is 3.41. The summed E-state index contributed by atoms with van der Waals surface area (Å²) in [6, 6.07) is 12.8. The molecular formula is C16H18BrNO4S2. The fourth-order valence-electron chi connectivity index (χ4n) is 2.23. The number of benzene rings is 2. The summed E-state index contributed by atoms with van der Waals surface area (Å²) in [7, 11) is -6.79. The molecule has 0 radical (unpaired) electrons. The third-order valence-corrected chi connectivity index (χ3v) is 6.46. The predicted molar refractivity (Wildman–Crippen MR) is 97.9 cm³/mol. The quantitative estimate of drug-likeness (QED) is 0.761. The van der Waals surface area contributed by atoms with Gasteiger partial charge >= 0.3 is 0 Å². The van der Waals surface area contributed by atoms with Crippen LogP contribution < -0.4 is 4.72 Å². The van der Waals surface area contributed by atoms with Crippen LogP contribution in [-0.2, 0) is 25.6 Å². The van der Waals surface area contributed by atoms with Crippen molar-refractivity contribution in [1.29, 1.82) is 0 Å². The lowest BCUT2D eigenvalue weighted by molar-refractivity contribution is 0.565. The fourth-order valence-corrected chi connectivity index (χ4v) is 4.68. The highest BCUT2D eigenvalue weighted by molar-refractivity contribution is 9.10. The SMILES string of the molecule is CC(NS(=O)(=O)Cc1cccc(Br)c1)c1ccc(S(C)(=O)=O)cc1. The van der Waals surface area contributed by atoms with Gasteiger partial charge in [-0.25, -0.2) is 21.6 Å². The number of halogens is 1. The van der Waals surface area contributed by atoms with E-state index in [2.05, 4.69) is 20.7 Å². The second-order valence-electron chi connectivity index (χ2n) is 5.57. The second-order valence-corrected chi connectivity index (χ2v) is 10.3. The van der Waals surface area contributed by atoms with Gasteiger partial charge in [-0.15, -0.1) is 0 Å². The summed E-state index contributed by atoms with van der Waals surface area (Å²) in [5, 5.41) is 0. The Morgan fingerprint density at radius 1 is 1.04 bits per heavy atom. The van der Waals surface area contributed by atoms with E-state index in [4.69, 9.17) is 0 Å². The molecule has 0 aliphatic heterocycles. The topological polar surface area (TPSA) is 80.3 Å². The van der Waals surface area contributed by atoms with Crippen molar-refractivity contribution in [3.63, 3.8) is 0 Å². The molecule has 1 N–H and O–H groups in total. The Balaban J connectivity index is 2.11. The van der Waals surface area contributed by atoms with Gasteiger partial charge in [0.2, 0.25) is 10.0 Å². The van der Waals surface area contributed by atoms with Crippen LogP contribution in [0.1, 0.15) is 24.1 Å². The summed E-state index contributed by atoms with van der Waals surface area (Å²) in [6.07, 6.45) is 1.13. The van der Waals surface area contributed by atoms with Crippen LogP contribution in [-0.4, -0.2) is 23.1 Å². The summed E-state index contributed by atoms with van der Waals surface area (Å²) in [5.74, 6) is -0.127. The zero-order valence-electron chi connectivity index (χ0n) is 13.2. The average molecular weight is 432 g/mol. The first kappa shape index (κ1) is 19.1. The van der Waals surface area contributed by atoms with E-state index >= 15 is 0 Å². The molecule has 1 unspecified atom stereocenters. The normalized spacial score (nSPS) is 13.6. The average Bonchev–Trinajstić information content (AvgIpc) is 2.45. The summed E-state index contributed by atoms with van der Waals surface area (Å²) in [4.78, 5) is 0.204. The van der Waals surface area contributed by atoms with Crippen molar-refractivity contribution >= 4 is 35.8 Å². The molecule has 5 nitrogen and oxygen atoms in total.